The van der Waals surface area contributed by atoms with Crippen molar-refractivity contribution >= 4 is 35.2 Å². The van der Waals surface area contributed by atoms with E-state index >= 15 is 0 Å². The molecule has 162 valence electrons. The number of ether oxygens (including phenoxy) is 1. The minimum absolute atomic E-state index is 0.0645. The van der Waals surface area contributed by atoms with Gasteiger partial charge in [0.25, 0.3) is 5.91 Å². The number of halogens is 1. The van der Waals surface area contributed by atoms with Crippen LogP contribution in [0, 0.1) is 0 Å². The Morgan fingerprint density at radius 2 is 2.10 bits per heavy atom. The van der Waals surface area contributed by atoms with E-state index in [9.17, 15) is 9.59 Å². The summed E-state index contributed by atoms with van der Waals surface area (Å²) in [6.45, 7) is 4.72. The van der Waals surface area contributed by atoms with Crippen LogP contribution in [0.15, 0.2) is 54.3 Å². The van der Waals surface area contributed by atoms with Gasteiger partial charge in [0, 0.05) is 17.6 Å². The first kappa shape index (κ1) is 21.4. The van der Waals surface area contributed by atoms with Gasteiger partial charge in [-0.1, -0.05) is 42.8 Å². The summed E-state index contributed by atoms with van der Waals surface area (Å²) in [5.41, 5.74) is 1.34. The highest BCUT2D eigenvalue weighted by Gasteiger charge is 2.32. The lowest BCUT2D eigenvalue weighted by Crippen LogP contribution is -2.47. The molecule has 6 nitrogen and oxygen atoms in total. The zero-order valence-electron chi connectivity index (χ0n) is 17.5. The third kappa shape index (κ3) is 4.92. The van der Waals surface area contributed by atoms with Crippen molar-refractivity contribution in [1.82, 2.24) is 10.2 Å². The maximum atomic E-state index is 13.2. The Morgan fingerprint density at radius 3 is 2.90 bits per heavy atom. The SMILES string of the molecule is CCN1CCC[C@H]1CNC(=O)CN1C(=O)/C(=C\c2cccc(Cl)c2)Oc2ccccc21. The van der Waals surface area contributed by atoms with Crippen molar-refractivity contribution in [3.63, 3.8) is 0 Å². The first-order valence-electron chi connectivity index (χ1n) is 10.6. The number of amides is 2. The molecule has 1 fully saturated rings. The molecule has 1 atom stereocenters. The number of benzene rings is 2. The molecule has 0 radical (unpaired) electrons. The van der Waals surface area contributed by atoms with Crippen LogP contribution in [-0.2, 0) is 9.59 Å². The number of anilines is 1. The lowest BCUT2D eigenvalue weighted by Gasteiger charge is -2.30. The summed E-state index contributed by atoms with van der Waals surface area (Å²) in [6.07, 6.45) is 3.88. The molecule has 1 saturated heterocycles. The van der Waals surface area contributed by atoms with Crippen LogP contribution < -0.4 is 15.0 Å². The van der Waals surface area contributed by atoms with Gasteiger partial charge in [-0.15, -0.1) is 0 Å². The lowest BCUT2D eigenvalue weighted by molar-refractivity contribution is -0.123. The number of hydrogen-bond acceptors (Lipinski definition) is 4. The van der Waals surface area contributed by atoms with E-state index in [1.807, 2.05) is 24.3 Å². The first-order chi connectivity index (χ1) is 15.0. The normalized spacial score (nSPS) is 19.9. The van der Waals surface area contributed by atoms with Crippen LogP contribution in [0.4, 0.5) is 5.69 Å². The standard InChI is InChI=1S/C24H26ClN3O3/c1-2-27-12-6-9-19(27)15-26-23(29)16-28-20-10-3-4-11-21(20)31-22(24(28)30)14-17-7-5-8-18(25)13-17/h3-5,7-8,10-11,13-14,19H,2,6,9,12,15-16H2,1H3,(H,26,29)/b22-14+/t19-/m0/s1. The number of nitrogens with one attached hydrogen (secondary N) is 1. The molecule has 0 saturated carbocycles. The van der Waals surface area contributed by atoms with Crippen molar-refractivity contribution in [2.45, 2.75) is 25.8 Å². The highest BCUT2D eigenvalue weighted by Crippen LogP contribution is 2.35. The van der Waals surface area contributed by atoms with E-state index in [4.69, 9.17) is 16.3 Å². The largest absolute Gasteiger partial charge is 0.449 e. The van der Waals surface area contributed by atoms with Crippen LogP contribution in [0.3, 0.4) is 0 Å². The molecular formula is C24H26ClN3O3. The van der Waals surface area contributed by atoms with Gasteiger partial charge in [-0.25, -0.2) is 0 Å². The zero-order valence-corrected chi connectivity index (χ0v) is 18.3. The Labute approximate surface area is 187 Å². The summed E-state index contributed by atoms with van der Waals surface area (Å²) >= 11 is 6.07. The Kier molecular flexibility index (Phi) is 6.59. The van der Waals surface area contributed by atoms with Crippen LogP contribution in [0.25, 0.3) is 6.08 Å². The fraction of sp³-hybridized carbons (Fsp3) is 0.333. The monoisotopic (exact) mass is 439 g/mol. The topological polar surface area (TPSA) is 61.9 Å². The second kappa shape index (κ2) is 9.54. The van der Waals surface area contributed by atoms with E-state index in [0.29, 0.717) is 29.0 Å². The molecule has 2 amide bonds. The van der Waals surface area contributed by atoms with Gasteiger partial charge >= 0.3 is 0 Å². The molecule has 0 aliphatic carbocycles. The number of carbonyl (C=O) groups is 2. The van der Waals surface area contributed by atoms with Gasteiger partial charge in [0.05, 0.1) is 5.69 Å². The van der Waals surface area contributed by atoms with E-state index in [0.717, 1.165) is 31.5 Å². The third-order valence-corrected chi connectivity index (χ3v) is 5.96. The molecule has 0 bridgehead atoms. The summed E-state index contributed by atoms with van der Waals surface area (Å²) in [5.74, 6) is 0.151. The molecule has 7 heteroatoms. The number of likely N-dealkylation sites (N-methyl/N-ethyl adjacent to an activating group) is 1. The van der Waals surface area contributed by atoms with Crippen LogP contribution in [-0.4, -0.2) is 48.9 Å². The predicted molar refractivity (Wildman–Crippen MR) is 122 cm³/mol. The van der Waals surface area contributed by atoms with Gasteiger partial charge in [0.15, 0.2) is 11.5 Å². The van der Waals surface area contributed by atoms with E-state index < -0.39 is 0 Å². The molecule has 0 spiro atoms. The second-order valence-corrected chi connectivity index (χ2v) is 8.19. The number of likely N-dealkylation sites (tertiary alicyclic amines) is 1. The fourth-order valence-electron chi connectivity index (χ4n) is 4.14. The minimum atomic E-state index is -0.357. The summed E-state index contributed by atoms with van der Waals surface area (Å²) in [6, 6.07) is 14.8. The van der Waals surface area contributed by atoms with E-state index in [2.05, 4.69) is 17.1 Å². The first-order valence-corrected chi connectivity index (χ1v) is 11.0. The number of hydrogen-bond donors (Lipinski definition) is 1. The van der Waals surface area contributed by atoms with Gasteiger partial charge < -0.3 is 10.1 Å². The molecule has 0 unspecified atom stereocenters. The molecule has 2 heterocycles. The van der Waals surface area contributed by atoms with Gasteiger partial charge in [-0.05, 0) is 61.8 Å². The molecule has 2 aromatic carbocycles. The van der Waals surface area contributed by atoms with Crippen molar-refractivity contribution in [2.75, 3.05) is 31.1 Å². The molecule has 2 aliphatic rings. The van der Waals surface area contributed by atoms with E-state index in [1.54, 1.807) is 30.3 Å². The average Bonchev–Trinajstić information content (AvgIpc) is 3.23. The Balaban J connectivity index is 1.51. The maximum Gasteiger partial charge on any atom is 0.294 e. The van der Waals surface area contributed by atoms with Crippen molar-refractivity contribution in [2.24, 2.45) is 0 Å². The fourth-order valence-corrected chi connectivity index (χ4v) is 4.34. The van der Waals surface area contributed by atoms with E-state index in [1.165, 1.54) is 4.90 Å². The Morgan fingerprint density at radius 1 is 1.26 bits per heavy atom. The quantitative estimate of drug-likeness (QED) is 0.697. The number of rotatable bonds is 6. The zero-order chi connectivity index (χ0) is 21.8. The van der Waals surface area contributed by atoms with Crippen LogP contribution in [0.2, 0.25) is 5.02 Å². The molecular weight excluding hydrogens is 414 g/mol. The number of para-hydroxylation sites is 2. The third-order valence-electron chi connectivity index (χ3n) is 5.72. The highest BCUT2D eigenvalue weighted by atomic mass is 35.5. The van der Waals surface area contributed by atoms with Gasteiger partial charge in [0.2, 0.25) is 5.91 Å². The molecule has 2 aliphatic heterocycles. The van der Waals surface area contributed by atoms with Crippen LogP contribution in [0.1, 0.15) is 25.3 Å². The summed E-state index contributed by atoms with van der Waals surface area (Å²) in [7, 11) is 0. The predicted octanol–water partition coefficient (Wildman–Crippen LogP) is 3.71. The summed E-state index contributed by atoms with van der Waals surface area (Å²) in [4.78, 5) is 29.8. The number of fused-ring (bicyclic) bond motifs is 1. The van der Waals surface area contributed by atoms with Gasteiger partial charge in [-0.2, -0.15) is 0 Å². The maximum absolute atomic E-state index is 13.2. The number of nitrogens with zero attached hydrogens (tertiary/aromatic N) is 2. The molecule has 4 rings (SSSR count). The second-order valence-electron chi connectivity index (χ2n) is 7.75. The van der Waals surface area contributed by atoms with Gasteiger partial charge in [-0.3, -0.25) is 19.4 Å². The molecule has 1 N–H and O–H groups in total. The van der Waals surface area contributed by atoms with Crippen molar-refractivity contribution < 1.29 is 14.3 Å². The van der Waals surface area contributed by atoms with Crippen molar-refractivity contribution in [3.05, 3.63) is 64.9 Å². The summed E-state index contributed by atoms with van der Waals surface area (Å²) < 4.78 is 5.86. The Hall–Kier alpha value is -2.83. The summed E-state index contributed by atoms with van der Waals surface area (Å²) in [5, 5.41) is 3.58. The van der Waals surface area contributed by atoms with Crippen LogP contribution >= 0.6 is 11.6 Å². The van der Waals surface area contributed by atoms with Crippen molar-refractivity contribution in [3.8, 4) is 5.75 Å². The van der Waals surface area contributed by atoms with E-state index in [-0.39, 0.29) is 24.1 Å². The Bertz CT molecular complexity index is 1010. The highest BCUT2D eigenvalue weighted by molar-refractivity contribution is 6.30. The van der Waals surface area contributed by atoms with Crippen molar-refractivity contribution in [1.29, 1.82) is 0 Å². The molecule has 2 aromatic rings. The average molecular weight is 440 g/mol. The van der Waals surface area contributed by atoms with Gasteiger partial charge in [0.1, 0.15) is 6.54 Å². The molecule has 0 aromatic heterocycles. The van der Waals surface area contributed by atoms with Crippen LogP contribution in [0.5, 0.6) is 5.75 Å². The number of carbonyl (C=O) groups excluding carboxylic acids is 2. The lowest BCUT2D eigenvalue weighted by atomic mass is 10.1. The molecule has 31 heavy (non-hydrogen) atoms. The smallest absolute Gasteiger partial charge is 0.294 e. The minimum Gasteiger partial charge on any atom is -0.449 e.